The molecule has 0 aromatic carbocycles. The Kier molecular flexibility index (Phi) is 9.30. The standard InChI is InChI=1S/C16H28/c1-2-4-6-8-10-12-14-16-15-13-11-9-7-5-3-1/h1-4H,5-16H2. The van der Waals surface area contributed by atoms with E-state index in [-0.39, 0.29) is 0 Å². The van der Waals surface area contributed by atoms with E-state index in [1.165, 1.54) is 77.0 Å². The van der Waals surface area contributed by atoms with Gasteiger partial charge in [-0.05, 0) is 25.7 Å². The predicted molar refractivity (Wildman–Crippen MR) is 73.7 cm³/mol. The highest BCUT2D eigenvalue weighted by molar-refractivity contribution is 5.02. The molecule has 0 nitrogen and oxygen atoms in total. The molecule has 1 aliphatic carbocycles. The first-order valence-corrected chi connectivity index (χ1v) is 7.32. The van der Waals surface area contributed by atoms with Gasteiger partial charge in [-0.25, -0.2) is 0 Å². The topological polar surface area (TPSA) is 0 Å². The van der Waals surface area contributed by atoms with E-state index < -0.39 is 0 Å². The van der Waals surface area contributed by atoms with Crippen molar-refractivity contribution in [2.24, 2.45) is 0 Å². The van der Waals surface area contributed by atoms with Crippen LogP contribution in [0.2, 0.25) is 0 Å². The van der Waals surface area contributed by atoms with Crippen LogP contribution in [0.25, 0.3) is 0 Å². The van der Waals surface area contributed by atoms with Crippen molar-refractivity contribution in [1.82, 2.24) is 0 Å². The summed E-state index contributed by atoms with van der Waals surface area (Å²) < 4.78 is 0. The van der Waals surface area contributed by atoms with Crippen LogP contribution >= 0.6 is 0 Å². The lowest BCUT2D eigenvalue weighted by Crippen LogP contribution is -1.82. The summed E-state index contributed by atoms with van der Waals surface area (Å²) in [4.78, 5) is 0. The van der Waals surface area contributed by atoms with E-state index in [4.69, 9.17) is 0 Å². The van der Waals surface area contributed by atoms with E-state index >= 15 is 0 Å². The summed E-state index contributed by atoms with van der Waals surface area (Å²) in [5.74, 6) is 0. The summed E-state index contributed by atoms with van der Waals surface area (Å²) in [6.45, 7) is 0. The molecular formula is C16H28. The van der Waals surface area contributed by atoms with E-state index in [0.717, 1.165) is 0 Å². The van der Waals surface area contributed by atoms with Gasteiger partial charge in [0, 0.05) is 0 Å². The van der Waals surface area contributed by atoms with Crippen LogP contribution in [-0.4, -0.2) is 0 Å². The minimum absolute atomic E-state index is 1.27. The second-order valence-corrected chi connectivity index (χ2v) is 4.97. The van der Waals surface area contributed by atoms with Gasteiger partial charge in [-0.3, -0.25) is 0 Å². The van der Waals surface area contributed by atoms with Crippen molar-refractivity contribution < 1.29 is 0 Å². The van der Waals surface area contributed by atoms with E-state index in [0.29, 0.717) is 0 Å². The number of allylic oxidation sites excluding steroid dienone is 4. The number of rotatable bonds is 0. The summed E-state index contributed by atoms with van der Waals surface area (Å²) in [5, 5.41) is 0. The van der Waals surface area contributed by atoms with E-state index in [1.54, 1.807) is 0 Å². The largest absolute Gasteiger partial charge is 0.0845 e. The van der Waals surface area contributed by atoms with Crippen LogP contribution in [0.1, 0.15) is 77.0 Å². The smallest absolute Gasteiger partial charge is 0.0348 e. The Morgan fingerprint density at radius 1 is 0.375 bits per heavy atom. The average molecular weight is 220 g/mol. The maximum Gasteiger partial charge on any atom is -0.0348 e. The third-order valence-electron chi connectivity index (χ3n) is 3.37. The quantitative estimate of drug-likeness (QED) is 0.484. The third-order valence-corrected chi connectivity index (χ3v) is 3.37. The Morgan fingerprint density at radius 3 is 1.06 bits per heavy atom. The van der Waals surface area contributed by atoms with Crippen LogP contribution in [0, 0.1) is 0 Å². The van der Waals surface area contributed by atoms with Gasteiger partial charge in [-0.15, -0.1) is 0 Å². The van der Waals surface area contributed by atoms with Gasteiger partial charge >= 0.3 is 0 Å². The fourth-order valence-electron chi connectivity index (χ4n) is 2.29. The molecule has 0 aliphatic heterocycles. The molecule has 0 radical (unpaired) electrons. The number of hydrogen-bond donors (Lipinski definition) is 0. The minimum atomic E-state index is 1.27. The first-order valence-electron chi connectivity index (χ1n) is 7.32. The van der Waals surface area contributed by atoms with Gasteiger partial charge < -0.3 is 0 Å². The van der Waals surface area contributed by atoms with Crippen molar-refractivity contribution in [2.75, 3.05) is 0 Å². The molecule has 0 heteroatoms. The molecule has 0 aromatic heterocycles. The van der Waals surface area contributed by atoms with Crippen LogP contribution in [0.4, 0.5) is 0 Å². The Hall–Kier alpha value is -0.520. The monoisotopic (exact) mass is 220 g/mol. The predicted octanol–water partition coefficient (Wildman–Crippen LogP) is 5.79. The lowest BCUT2D eigenvalue weighted by molar-refractivity contribution is 0.553. The van der Waals surface area contributed by atoms with E-state index in [1.807, 2.05) is 0 Å². The van der Waals surface area contributed by atoms with Gasteiger partial charge in [0.25, 0.3) is 0 Å². The summed E-state index contributed by atoms with van der Waals surface area (Å²) in [5.41, 5.74) is 0. The van der Waals surface area contributed by atoms with Crippen molar-refractivity contribution in [2.45, 2.75) is 77.0 Å². The molecule has 0 fully saturated rings. The van der Waals surface area contributed by atoms with E-state index in [9.17, 15) is 0 Å². The summed E-state index contributed by atoms with van der Waals surface area (Å²) in [6.07, 6.45) is 26.0. The molecule has 0 saturated carbocycles. The molecule has 1 rings (SSSR count). The Bertz CT molecular complexity index is 166. The Morgan fingerprint density at radius 2 is 0.688 bits per heavy atom. The lowest BCUT2D eigenvalue weighted by atomic mass is 10.0. The molecule has 16 heavy (non-hydrogen) atoms. The fourth-order valence-corrected chi connectivity index (χ4v) is 2.29. The highest BCUT2D eigenvalue weighted by atomic mass is 14.0. The van der Waals surface area contributed by atoms with E-state index in [2.05, 4.69) is 24.3 Å². The molecule has 0 bridgehead atoms. The van der Waals surface area contributed by atoms with Crippen LogP contribution < -0.4 is 0 Å². The molecule has 0 heterocycles. The van der Waals surface area contributed by atoms with Crippen molar-refractivity contribution in [3.05, 3.63) is 24.3 Å². The average Bonchev–Trinajstić information content (AvgIpc) is 2.29. The van der Waals surface area contributed by atoms with Crippen molar-refractivity contribution in [3.8, 4) is 0 Å². The highest BCUT2D eigenvalue weighted by Gasteiger charge is 1.92. The molecule has 0 N–H and O–H groups in total. The van der Waals surface area contributed by atoms with Crippen molar-refractivity contribution in [3.63, 3.8) is 0 Å². The van der Waals surface area contributed by atoms with Crippen molar-refractivity contribution >= 4 is 0 Å². The zero-order valence-corrected chi connectivity index (χ0v) is 10.8. The molecular weight excluding hydrogens is 192 g/mol. The van der Waals surface area contributed by atoms with Crippen LogP contribution in [0.15, 0.2) is 24.3 Å². The third kappa shape index (κ3) is 8.76. The maximum absolute atomic E-state index is 2.32. The van der Waals surface area contributed by atoms with Crippen molar-refractivity contribution in [1.29, 1.82) is 0 Å². The minimum Gasteiger partial charge on any atom is -0.0845 e. The highest BCUT2D eigenvalue weighted by Crippen LogP contribution is 2.12. The summed E-state index contributed by atoms with van der Waals surface area (Å²) in [7, 11) is 0. The van der Waals surface area contributed by atoms with Gasteiger partial charge in [0.2, 0.25) is 0 Å². The van der Waals surface area contributed by atoms with Gasteiger partial charge in [0.1, 0.15) is 0 Å². The van der Waals surface area contributed by atoms with Crippen LogP contribution in [0.3, 0.4) is 0 Å². The molecule has 0 atom stereocenters. The maximum atomic E-state index is 2.32. The zero-order chi connectivity index (χ0) is 11.3. The van der Waals surface area contributed by atoms with Gasteiger partial charge in [-0.1, -0.05) is 75.7 Å². The molecule has 0 aromatic rings. The Balaban J connectivity index is 2.15. The molecule has 0 amide bonds. The second kappa shape index (κ2) is 11.0. The summed E-state index contributed by atoms with van der Waals surface area (Å²) >= 11 is 0. The Labute approximate surface area is 102 Å². The lowest BCUT2D eigenvalue weighted by Gasteiger charge is -2.02. The molecule has 0 spiro atoms. The van der Waals surface area contributed by atoms with Gasteiger partial charge in [0.05, 0.1) is 0 Å². The van der Waals surface area contributed by atoms with Gasteiger partial charge in [-0.2, -0.15) is 0 Å². The van der Waals surface area contributed by atoms with Crippen LogP contribution in [-0.2, 0) is 0 Å². The molecule has 92 valence electrons. The molecule has 1 aliphatic rings. The first-order chi connectivity index (χ1) is 8.00. The van der Waals surface area contributed by atoms with Gasteiger partial charge in [0.15, 0.2) is 0 Å². The molecule has 0 saturated heterocycles. The summed E-state index contributed by atoms with van der Waals surface area (Å²) in [6, 6.07) is 0. The number of hydrogen-bond acceptors (Lipinski definition) is 0. The second-order valence-electron chi connectivity index (χ2n) is 4.97. The normalized spacial score (nSPS) is 22.0. The SMILES string of the molecule is C1=CCCCCCCCCCCCCC=C1. The first kappa shape index (κ1) is 13.5. The van der Waals surface area contributed by atoms with Crippen LogP contribution in [0.5, 0.6) is 0 Å². The zero-order valence-electron chi connectivity index (χ0n) is 10.8. The molecule has 0 unspecified atom stereocenters. The fraction of sp³-hybridized carbons (Fsp3) is 0.750.